The van der Waals surface area contributed by atoms with Gasteiger partial charge in [0.05, 0.1) is 25.5 Å². The zero-order valence-electron chi connectivity index (χ0n) is 13.8. The van der Waals surface area contributed by atoms with Crippen LogP contribution >= 0.6 is 11.3 Å². The van der Waals surface area contributed by atoms with Crippen LogP contribution in [-0.4, -0.2) is 24.2 Å². The van der Waals surface area contributed by atoms with Crippen LogP contribution in [0.4, 0.5) is 0 Å². The Bertz CT molecular complexity index is 943. The molecule has 0 saturated carbocycles. The van der Waals surface area contributed by atoms with Crippen molar-refractivity contribution in [1.82, 2.24) is 9.97 Å². The standard InChI is InChI=1S/C19H15N3O2S/c1-23-17-5-3-4-14(18(17)24-2)10-15(11-20)19-22-16(12-25-19)13-6-8-21-9-7-13/h3-10,12H,1-2H3/b15-10-. The SMILES string of the molecule is COc1cccc(/C=C(/C#N)c2nc(-c3ccncc3)cs2)c1OC. The summed E-state index contributed by atoms with van der Waals surface area (Å²) in [4.78, 5) is 8.58. The summed E-state index contributed by atoms with van der Waals surface area (Å²) >= 11 is 1.43. The third kappa shape index (κ3) is 3.52. The van der Waals surface area contributed by atoms with E-state index in [0.717, 1.165) is 16.8 Å². The van der Waals surface area contributed by atoms with Crippen LogP contribution in [0.1, 0.15) is 10.6 Å². The first-order valence-corrected chi connectivity index (χ1v) is 8.34. The van der Waals surface area contributed by atoms with Gasteiger partial charge in [-0.3, -0.25) is 4.98 Å². The number of thiazole rings is 1. The molecule has 0 radical (unpaired) electrons. The number of pyridine rings is 1. The van der Waals surface area contributed by atoms with Crippen LogP contribution < -0.4 is 9.47 Å². The Kier molecular flexibility index (Phi) is 5.07. The maximum absolute atomic E-state index is 9.58. The lowest BCUT2D eigenvalue weighted by Gasteiger charge is -2.10. The summed E-state index contributed by atoms with van der Waals surface area (Å²) in [6.45, 7) is 0. The molecule has 0 fully saturated rings. The van der Waals surface area contributed by atoms with Crippen molar-refractivity contribution in [2.45, 2.75) is 0 Å². The fraction of sp³-hybridized carbons (Fsp3) is 0.105. The number of rotatable bonds is 5. The molecule has 0 spiro atoms. The number of nitriles is 1. The molecule has 0 atom stereocenters. The molecule has 0 saturated heterocycles. The number of para-hydroxylation sites is 1. The van der Waals surface area contributed by atoms with Crippen molar-refractivity contribution >= 4 is 23.0 Å². The quantitative estimate of drug-likeness (QED) is 0.643. The first-order chi connectivity index (χ1) is 12.3. The topological polar surface area (TPSA) is 68.0 Å². The summed E-state index contributed by atoms with van der Waals surface area (Å²) in [6, 6.07) is 11.5. The summed E-state index contributed by atoms with van der Waals surface area (Å²) in [7, 11) is 3.16. The molecule has 124 valence electrons. The molecular weight excluding hydrogens is 334 g/mol. The van der Waals surface area contributed by atoms with E-state index in [1.807, 2.05) is 35.7 Å². The van der Waals surface area contributed by atoms with Crippen molar-refractivity contribution in [2.24, 2.45) is 0 Å². The summed E-state index contributed by atoms with van der Waals surface area (Å²) in [5, 5.41) is 12.2. The Balaban J connectivity index is 2.01. The average molecular weight is 349 g/mol. The molecule has 1 aromatic carbocycles. The first kappa shape index (κ1) is 16.7. The molecule has 2 aromatic heterocycles. The Morgan fingerprint density at radius 1 is 1.16 bits per heavy atom. The molecule has 6 heteroatoms. The number of hydrogen-bond donors (Lipinski definition) is 0. The van der Waals surface area contributed by atoms with Gasteiger partial charge < -0.3 is 9.47 Å². The number of nitrogens with zero attached hydrogens (tertiary/aromatic N) is 3. The minimum Gasteiger partial charge on any atom is -0.493 e. The van der Waals surface area contributed by atoms with Gasteiger partial charge in [-0.15, -0.1) is 11.3 Å². The van der Waals surface area contributed by atoms with Crippen molar-refractivity contribution in [3.8, 4) is 28.8 Å². The Labute approximate surface area is 149 Å². The molecule has 0 aliphatic carbocycles. The van der Waals surface area contributed by atoms with Crippen molar-refractivity contribution < 1.29 is 9.47 Å². The molecule has 2 heterocycles. The van der Waals surface area contributed by atoms with Crippen LogP contribution in [0.3, 0.4) is 0 Å². The van der Waals surface area contributed by atoms with Gasteiger partial charge in [0.2, 0.25) is 0 Å². The van der Waals surface area contributed by atoms with Gasteiger partial charge in [0.15, 0.2) is 11.5 Å². The monoisotopic (exact) mass is 349 g/mol. The Hall–Kier alpha value is -3.17. The van der Waals surface area contributed by atoms with Gasteiger partial charge in [-0.1, -0.05) is 12.1 Å². The first-order valence-electron chi connectivity index (χ1n) is 7.46. The number of allylic oxidation sites excluding steroid dienone is 1. The maximum atomic E-state index is 9.58. The maximum Gasteiger partial charge on any atom is 0.167 e. The summed E-state index contributed by atoms with van der Waals surface area (Å²) < 4.78 is 10.7. The fourth-order valence-electron chi connectivity index (χ4n) is 2.38. The molecule has 0 N–H and O–H groups in total. The van der Waals surface area contributed by atoms with Gasteiger partial charge in [0.25, 0.3) is 0 Å². The molecule has 0 bridgehead atoms. The highest BCUT2D eigenvalue weighted by atomic mass is 32.1. The fourth-order valence-corrected chi connectivity index (χ4v) is 3.17. The highest BCUT2D eigenvalue weighted by Crippen LogP contribution is 2.34. The molecular formula is C19H15N3O2S. The lowest BCUT2D eigenvalue weighted by atomic mass is 10.1. The van der Waals surface area contributed by atoms with Crippen LogP contribution in [0.2, 0.25) is 0 Å². The van der Waals surface area contributed by atoms with Crippen molar-refractivity contribution in [2.75, 3.05) is 14.2 Å². The van der Waals surface area contributed by atoms with Gasteiger partial charge in [-0.25, -0.2) is 4.98 Å². The van der Waals surface area contributed by atoms with Crippen LogP contribution in [0.25, 0.3) is 22.9 Å². The third-order valence-electron chi connectivity index (χ3n) is 3.56. The molecule has 0 unspecified atom stereocenters. The molecule has 25 heavy (non-hydrogen) atoms. The zero-order chi connectivity index (χ0) is 17.6. The van der Waals surface area contributed by atoms with E-state index in [2.05, 4.69) is 16.0 Å². The van der Waals surface area contributed by atoms with Crippen molar-refractivity contribution in [1.29, 1.82) is 5.26 Å². The highest BCUT2D eigenvalue weighted by molar-refractivity contribution is 7.11. The zero-order valence-corrected chi connectivity index (χ0v) is 14.6. The number of benzene rings is 1. The van der Waals surface area contributed by atoms with Crippen LogP contribution in [0, 0.1) is 11.3 Å². The van der Waals surface area contributed by atoms with Gasteiger partial charge in [0.1, 0.15) is 11.1 Å². The van der Waals surface area contributed by atoms with Crippen molar-refractivity contribution in [3.05, 3.63) is 58.7 Å². The van der Waals surface area contributed by atoms with E-state index >= 15 is 0 Å². The Morgan fingerprint density at radius 2 is 1.96 bits per heavy atom. The average Bonchev–Trinajstić information content (AvgIpc) is 3.16. The van der Waals surface area contributed by atoms with Crippen LogP contribution in [-0.2, 0) is 0 Å². The molecule has 5 nitrogen and oxygen atoms in total. The van der Waals surface area contributed by atoms with Gasteiger partial charge in [-0.2, -0.15) is 5.26 Å². The van der Waals surface area contributed by atoms with Crippen molar-refractivity contribution in [3.63, 3.8) is 0 Å². The number of aromatic nitrogens is 2. The number of methoxy groups -OCH3 is 2. The van der Waals surface area contributed by atoms with Crippen LogP contribution in [0.15, 0.2) is 48.1 Å². The minimum absolute atomic E-state index is 0.469. The summed E-state index contributed by atoms with van der Waals surface area (Å²) in [5.74, 6) is 1.20. The summed E-state index contributed by atoms with van der Waals surface area (Å²) in [5.41, 5.74) is 3.02. The van der Waals surface area contributed by atoms with Gasteiger partial charge in [0, 0.05) is 28.9 Å². The van der Waals surface area contributed by atoms with Crippen LogP contribution in [0.5, 0.6) is 11.5 Å². The third-order valence-corrected chi connectivity index (χ3v) is 4.44. The van der Waals surface area contributed by atoms with Gasteiger partial charge >= 0.3 is 0 Å². The minimum atomic E-state index is 0.469. The largest absolute Gasteiger partial charge is 0.493 e. The second-order valence-electron chi connectivity index (χ2n) is 5.03. The number of ether oxygens (including phenoxy) is 2. The number of hydrogen-bond acceptors (Lipinski definition) is 6. The smallest absolute Gasteiger partial charge is 0.167 e. The molecule has 0 amide bonds. The molecule has 3 rings (SSSR count). The van der Waals surface area contributed by atoms with Gasteiger partial charge in [-0.05, 0) is 24.3 Å². The highest BCUT2D eigenvalue weighted by Gasteiger charge is 2.12. The second kappa shape index (κ2) is 7.60. The molecule has 0 aliphatic heterocycles. The summed E-state index contributed by atoms with van der Waals surface area (Å²) in [6.07, 6.45) is 5.20. The lowest BCUT2D eigenvalue weighted by Crippen LogP contribution is -1.93. The Morgan fingerprint density at radius 3 is 2.64 bits per heavy atom. The van der Waals surface area contributed by atoms with E-state index in [-0.39, 0.29) is 0 Å². The normalized spacial score (nSPS) is 11.0. The van der Waals surface area contributed by atoms with E-state index in [9.17, 15) is 5.26 Å². The second-order valence-corrected chi connectivity index (χ2v) is 5.88. The predicted molar refractivity (Wildman–Crippen MR) is 98.4 cm³/mol. The lowest BCUT2D eigenvalue weighted by molar-refractivity contribution is 0.354. The molecule has 3 aromatic rings. The molecule has 0 aliphatic rings. The van der Waals surface area contributed by atoms with E-state index in [1.165, 1.54) is 11.3 Å². The van der Waals surface area contributed by atoms with E-state index in [0.29, 0.717) is 22.1 Å². The predicted octanol–water partition coefficient (Wildman–Crippen LogP) is 4.29. The van der Waals surface area contributed by atoms with E-state index in [4.69, 9.17) is 9.47 Å². The van der Waals surface area contributed by atoms with E-state index in [1.54, 1.807) is 32.7 Å². The van der Waals surface area contributed by atoms with E-state index < -0.39 is 0 Å².